The second-order valence-electron chi connectivity index (χ2n) is 5.76. The number of hydrogen-bond donors (Lipinski definition) is 1. The van der Waals surface area contributed by atoms with Crippen LogP contribution in [-0.4, -0.2) is 30.1 Å². The van der Waals surface area contributed by atoms with Gasteiger partial charge in [-0.25, -0.2) is 9.69 Å². The van der Waals surface area contributed by atoms with Gasteiger partial charge in [0.05, 0.1) is 5.69 Å². The third kappa shape index (κ3) is 2.64. The zero-order valence-electron chi connectivity index (χ0n) is 12.5. The van der Waals surface area contributed by atoms with Crippen molar-refractivity contribution in [3.8, 4) is 0 Å². The highest BCUT2D eigenvalue weighted by Gasteiger charge is 2.41. The topological polar surface area (TPSA) is 78.8 Å². The van der Waals surface area contributed by atoms with Crippen LogP contribution in [0.1, 0.15) is 24.0 Å². The van der Waals surface area contributed by atoms with Crippen molar-refractivity contribution in [3.63, 3.8) is 0 Å². The highest BCUT2D eigenvalue weighted by Crippen LogP contribution is 2.26. The standard InChI is InChI=1S/C16H17N3O3/c1-9-3-6-13(10(2)7-9)19-15(21)12(8-17-11-4-5-11)14(20)18-16(19)22/h3,6-8,11-12H,4-5H2,1-2H3,(H,18,20,22)/t12-/m1/s1. The van der Waals surface area contributed by atoms with Crippen LogP contribution >= 0.6 is 0 Å². The molecule has 0 bridgehead atoms. The van der Waals surface area contributed by atoms with Gasteiger partial charge >= 0.3 is 6.03 Å². The molecule has 0 aromatic heterocycles. The molecular weight excluding hydrogens is 282 g/mol. The van der Waals surface area contributed by atoms with Crippen LogP contribution in [0.5, 0.6) is 0 Å². The second kappa shape index (κ2) is 5.36. The van der Waals surface area contributed by atoms with Gasteiger partial charge in [0.25, 0.3) is 5.91 Å². The molecule has 22 heavy (non-hydrogen) atoms. The summed E-state index contributed by atoms with van der Waals surface area (Å²) in [5, 5.41) is 2.23. The number of anilines is 1. The summed E-state index contributed by atoms with van der Waals surface area (Å²) in [6, 6.07) is 4.94. The van der Waals surface area contributed by atoms with E-state index in [9.17, 15) is 14.4 Å². The quantitative estimate of drug-likeness (QED) is 0.682. The van der Waals surface area contributed by atoms with Gasteiger partial charge in [0, 0.05) is 12.3 Å². The maximum atomic E-state index is 12.6. The number of carbonyl (C=O) groups excluding carboxylic acids is 3. The number of urea groups is 1. The third-order valence-corrected chi connectivity index (χ3v) is 3.79. The Morgan fingerprint density at radius 1 is 1.23 bits per heavy atom. The highest BCUT2D eigenvalue weighted by atomic mass is 16.2. The molecule has 1 aromatic rings. The molecule has 114 valence electrons. The van der Waals surface area contributed by atoms with Crippen LogP contribution in [0.25, 0.3) is 0 Å². The van der Waals surface area contributed by atoms with Gasteiger partial charge in [-0.1, -0.05) is 17.7 Å². The Morgan fingerprint density at radius 3 is 2.59 bits per heavy atom. The van der Waals surface area contributed by atoms with Crippen LogP contribution in [-0.2, 0) is 9.59 Å². The van der Waals surface area contributed by atoms with E-state index in [4.69, 9.17) is 0 Å². The van der Waals surface area contributed by atoms with Crippen molar-refractivity contribution in [1.29, 1.82) is 0 Å². The van der Waals surface area contributed by atoms with Gasteiger partial charge in [-0.15, -0.1) is 0 Å². The van der Waals surface area contributed by atoms with Crippen LogP contribution in [0.3, 0.4) is 0 Å². The Hall–Kier alpha value is -2.50. The molecule has 1 saturated carbocycles. The molecule has 1 heterocycles. The Balaban J connectivity index is 1.93. The molecule has 1 saturated heterocycles. The number of amides is 4. The first-order valence-electron chi connectivity index (χ1n) is 7.26. The molecule has 0 spiro atoms. The van der Waals surface area contributed by atoms with Crippen LogP contribution in [0.15, 0.2) is 23.2 Å². The molecule has 1 aliphatic heterocycles. The lowest BCUT2D eigenvalue weighted by Gasteiger charge is -2.29. The number of carbonyl (C=O) groups is 3. The fourth-order valence-corrected chi connectivity index (χ4v) is 2.44. The number of imide groups is 2. The average Bonchev–Trinajstić information content (AvgIpc) is 3.24. The van der Waals surface area contributed by atoms with Crippen molar-refractivity contribution >= 4 is 29.7 Å². The van der Waals surface area contributed by atoms with Gasteiger partial charge in [-0.3, -0.25) is 19.9 Å². The number of nitrogens with one attached hydrogen (secondary N) is 1. The Kier molecular flexibility index (Phi) is 3.52. The first kappa shape index (κ1) is 14.4. The summed E-state index contributed by atoms with van der Waals surface area (Å²) in [4.78, 5) is 41.8. The van der Waals surface area contributed by atoms with Gasteiger partial charge in [0.15, 0.2) is 5.92 Å². The van der Waals surface area contributed by atoms with Gasteiger partial charge in [0.1, 0.15) is 0 Å². The Bertz CT molecular complexity index is 692. The molecule has 1 N–H and O–H groups in total. The molecule has 6 nitrogen and oxygen atoms in total. The van der Waals surface area contributed by atoms with E-state index in [1.807, 2.05) is 26.0 Å². The number of nitrogens with zero attached hydrogens (tertiary/aromatic N) is 2. The minimum absolute atomic E-state index is 0.216. The molecule has 0 unspecified atom stereocenters. The Morgan fingerprint density at radius 2 is 1.95 bits per heavy atom. The smallest absolute Gasteiger partial charge is 0.293 e. The summed E-state index contributed by atoms with van der Waals surface area (Å²) < 4.78 is 0. The van der Waals surface area contributed by atoms with Crippen molar-refractivity contribution in [3.05, 3.63) is 29.3 Å². The first-order valence-corrected chi connectivity index (χ1v) is 7.26. The van der Waals surface area contributed by atoms with Gasteiger partial charge in [-0.05, 0) is 38.3 Å². The number of hydrogen-bond acceptors (Lipinski definition) is 4. The van der Waals surface area contributed by atoms with E-state index in [-0.39, 0.29) is 6.04 Å². The summed E-state index contributed by atoms with van der Waals surface area (Å²) in [5.74, 6) is -2.20. The molecule has 1 aromatic carbocycles. The van der Waals surface area contributed by atoms with Crippen molar-refractivity contribution < 1.29 is 14.4 Å². The lowest BCUT2D eigenvalue weighted by Crippen LogP contribution is -2.58. The molecule has 3 rings (SSSR count). The van der Waals surface area contributed by atoms with E-state index in [1.54, 1.807) is 6.07 Å². The van der Waals surface area contributed by atoms with Crippen LogP contribution in [0.4, 0.5) is 10.5 Å². The van der Waals surface area contributed by atoms with Crippen molar-refractivity contribution in [2.24, 2.45) is 10.9 Å². The maximum Gasteiger partial charge on any atom is 0.335 e. The molecule has 1 atom stereocenters. The van der Waals surface area contributed by atoms with Gasteiger partial charge in [0.2, 0.25) is 5.91 Å². The van der Waals surface area contributed by atoms with Crippen molar-refractivity contribution in [1.82, 2.24) is 5.32 Å². The normalized spacial score (nSPS) is 22.4. The monoisotopic (exact) mass is 299 g/mol. The average molecular weight is 299 g/mol. The summed E-state index contributed by atoms with van der Waals surface area (Å²) in [6.45, 7) is 3.76. The molecule has 0 radical (unpaired) electrons. The zero-order chi connectivity index (χ0) is 15.9. The third-order valence-electron chi connectivity index (χ3n) is 3.79. The zero-order valence-corrected chi connectivity index (χ0v) is 12.5. The summed E-state index contributed by atoms with van der Waals surface area (Å²) >= 11 is 0. The van der Waals surface area contributed by atoms with E-state index in [0.29, 0.717) is 5.69 Å². The van der Waals surface area contributed by atoms with Crippen molar-refractivity contribution in [2.75, 3.05) is 4.90 Å². The van der Waals surface area contributed by atoms with Crippen LogP contribution in [0, 0.1) is 19.8 Å². The summed E-state index contributed by atoms with van der Waals surface area (Å²) in [7, 11) is 0. The molecule has 2 fully saturated rings. The molecule has 4 amide bonds. The summed E-state index contributed by atoms with van der Waals surface area (Å²) in [5.41, 5.74) is 2.33. The molecular formula is C16H17N3O3. The summed E-state index contributed by atoms with van der Waals surface area (Å²) in [6.07, 6.45) is 3.34. The van der Waals surface area contributed by atoms with Crippen molar-refractivity contribution in [2.45, 2.75) is 32.7 Å². The van der Waals surface area contributed by atoms with E-state index >= 15 is 0 Å². The molecule has 2 aliphatic rings. The number of rotatable bonds is 3. The van der Waals surface area contributed by atoms with Crippen LogP contribution in [0.2, 0.25) is 0 Å². The fourth-order valence-electron chi connectivity index (χ4n) is 2.44. The fraction of sp³-hybridized carbons (Fsp3) is 0.375. The number of aryl methyl sites for hydroxylation is 2. The maximum absolute atomic E-state index is 12.6. The number of barbiturate groups is 1. The minimum atomic E-state index is -1.04. The predicted octanol–water partition coefficient (Wildman–Crippen LogP) is 1.74. The highest BCUT2D eigenvalue weighted by molar-refractivity contribution is 6.32. The van der Waals surface area contributed by atoms with Crippen LogP contribution < -0.4 is 10.2 Å². The van der Waals surface area contributed by atoms with E-state index in [0.717, 1.165) is 28.9 Å². The number of aliphatic imine (C=N–C) groups is 1. The predicted molar refractivity (Wildman–Crippen MR) is 81.9 cm³/mol. The molecule has 6 heteroatoms. The lowest BCUT2D eigenvalue weighted by molar-refractivity contribution is -0.131. The minimum Gasteiger partial charge on any atom is -0.293 e. The molecule has 1 aliphatic carbocycles. The lowest BCUT2D eigenvalue weighted by atomic mass is 10.0. The largest absolute Gasteiger partial charge is 0.335 e. The first-order chi connectivity index (χ1) is 10.5. The number of benzene rings is 1. The van der Waals surface area contributed by atoms with E-state index in [2.05, 4.69) is 10.3 Å². The van der Waals surface area contributed by atoms with Gasteiger partial charge < -0.3 is 0 Å². The van der Waals surface area contributed by atoms with E-state index in [1.165, 1.54) is 6.21 Å². The second-order valence-corrected chi connectivity index (χ2v) is 5.76. The Labute approximate surface area is 128 Å². The van der Waals surface area contributed by atoms with Gasteiger partial charge in [-0.2, -0.15) is 0 Å². The van der Waals surface area contributed by atoms with E-state index < -0.39 is 23.8 Å². The SMILES string of the molecule is Cc1ccc(N2C(=O)NC(=O)[C@@H](C=NC3CC3)C2=O)c(C)c1.